The number of para-hydroxylation sites is 1. The number of carbonyl (C=O) groups is 3. The van der Waals surface area contributed by atoms with Crippen molar-refractivity contribution in [2.24, 2.45) is 0 Å². The molecule has 1 N–H and O–H groups in total. The van der Waals surface area contributed by atoms with E-state index in [0.29, 0.717) is 33.2 Å². The number of barbiturate groups is 1. The summed E-state index contributed by atoms with van der Waals surface area (Å²) in [6.45, 7) is 2.37. The maximum atomic E-state index is 13.2. The van der Waals surface area contributed by atoms with E-state index in [2.05, 4.69) is 21.2 Å². The quantitative estimate of drug-likeness (QED) is 0.255. The number of rotatable bonds is 7. The van der Waals surface area contributed by atoms with Crippen LogP contribution in [0.2, 0.25) is 10.0 Å². The minimum atomic E-state index is -0.880. The summed E-state index contributed by atoms with van der Waals surface area (Å²) in [6, 6.07) is 16.1. The van der Waals surface area contributed by atoms with Crippen LogP contribution < -0.4 is 19.7 Å². The second kappa shape index (κ2) is 11.2. The molecule has 3 aromatic carbocycles. The largest absolute Gasteiger partial charge is 0.490 e. The molecule has 0 atom stereocenters. The number of imide groups is 2. The minimum absolute atomic E-state index is 0.166. The third-order valence-electron chi connectivity index (χ3n) is 5.17. The van der Waals surface area contributed by atoms with Crippen molar-refractivity contribution in [3.63, 3.8) is 0 Å². The molecule has 1 aliphatic rings. The first kappa shape index (κ1) is 25.8. The van der Waals surface area contributed by atoms with Gasteiger partial charge < -0.3 is 9.47 Å². The van der Waals surface area contributed by atoms with Gasteiger partial charge in [0.2, 0.25) is 0 Å². The topological polar surface area (TPSA) is 84.9 Å². The molecule has 0 saturated carbocycles. The summed E-state index contributed by atoms with van der Waals surface area (Å²) in [7, 11) is 0. The van der Waals surface area contributed by atoms with Gasteiger partial charge in [0.15, 0.2) is 11.5 Å². The lowest BCUT2D eigenvalue weighted by molar-refractivity contribution is -0.122. The lowest BCUT2D eigenvalue weighted by Crippen LogP contribution is -2.54. The number of carbonyl (C=O) groups excluding carboxylic acids is 3. The normalized spacial score (nSPS) is 14.7. The van der Waals surface area contributed by atoms with Gasteiger partial charge >= 0.3 is 6.03 Å². The van der Waals surface area contributed by atoms with Crippen molar-refractivity contribution >= 4 is 68.7 Å². The van der Waals surface area contributed by atoms with Crippen molar-refractivity contribution in [2.45, 2.75) is 13.5 Å². The summed E-state index contributed by atoms with van der Waals surface area (Å²) in [6.07, 6.45) is 1.37. The molecular weight excluding hydrogens is 571 g/mol. The van der Waals surface area contributed by atoms with Crippen LogP contribution in [-0.4, -0.2) is 24.5 Å². The van der Waals surface area contributed by atoms with Crippen molar-refractivity contribution in [3.8, 4) is 11.5 Å². The molecule has 4 amide bonds. The molecule has 1 fully saturated rings. The Morgan fingerprint density at radius 3 is 2.36 bits per heavy atom. The Hall–Kier alpha value is -3.33. The zero-order chi connectivity index (χ0) is 25.8. The summed E-state index contributed by atoms with van der Waals surface area (Å²) in [4.78, 5) is 39.0. The van der Waals surface area contributed by atoms with Gasteiger partial charge in [0.1, 0.15) is 12.2 Å². The van der Waals surface area contributed by atoms with Crippen LogP contribution in [0.4, 0.5) is 10.5 Å². The lowest BCUT2D eigenvalue weighted by Gasteiger charge is -2.27. The first-order valence-corrected chi connectivity index (χ1v) is 12.3. The number of nitrogens with one attached hydrogen (secondary N) is 1. The van der Waals surface area contributed by atoms with Gasteiger partial charge in [0, 0.05) is 10.6 Å². The summed E-state index contributed by atoms with van der Waals surface area (Å²) in [5.74, 6) is -0.786. The Kier molecular flexibility index (Phi) is 7.98. The Morgan fingerprint density at radius 1 is 0.972 bits per heavy atom. The molecule has 0 bridgehead atoms. The van der Waals surface area contributed by atoms with Crippen LogP contribution in [0.5, 0.6) is 11.5 Å². The van der Waals surface area contributed by atoms with Crippen molar-refractivity contribution in [2.75, 3.05) is 11.5 Å². The summed E-state index contributed by atoms with van der Waals surface area (Å²) in [5, 5.41) is 2.95. The number of hydrogen-bond acceptors (Lipinski definition) is 5. The molecule has 1 saturated heterocycles. The number of benzene rings is 3. The zero-order valence-electron chi connectivity index (χ0n) is 18.9. The van der Waals surface area contributed by atoms with Crippen molar-refractivity contribution < 1.29 is 23.9 Å². The summed E-state index contributed by atoms with van der Waals surface area (Å²) in [5.41, 5.74) is 1.20. The van der Waals surface area contributed by atoms with Gasteiger partial charge in [-0.05, 0) is 64.8 Å². The molecule has 0 radical (unpaired) electrons. The van der Waals surface area contributed by atoms with Crippen LogP contribution in [0.25, 0.3) is 6.08 Å². The van der Waals surface area contributed by atoms with Crippen molar-refractivity contribution in [1.29, 1.82) is 0 Å². The molecule has 0 spiro atoms. The van der Waals surface area contributed by atoms with Gasteiger partial charge in [0.25, 0.3) is 11.8 Å². The van der Waals surface area contributed by atoms with Gasteiger partial charge in [-0.2, -0.15) is 0 Å². The maximum Gasteiger partial charge on any atom is 0.335 e. The van der Waals surface area contributed by atoms with E-state index in [1.54, 1.807) is 36.4 Å². The Labute approximate surface area is 225 Å². The fourth-order valence-corrected chi connectivity index (χ4v) is 4.50. The molecule has 10 heteroatoms. The van der Waals surface area contributed by atoms with Crippen LogP contribution in [0, 0.1) is 0 Å². The van der Waals surface area contributed by atoms with Crippen LogP contribution in [0.15, 0.2) is 70.7 Å². The average molecular weight is 590 g/mol. The van der Waals surface area contributed by atoms with Gasteiger partial charge in [0.05, 0.1) is 21.8 Å². The summed E-state index contributed by atoms with van der Waals surface area (Å²) < 4.78 is 12.3. The predicted octanol–water partition coefficient (Wildman–Crippen LogP) is 6.40. The minimum Gasteiger partial charge on any atom is -0.490 e. The molecule has 0 unspecified atom stereocenters. The second-order valence-corrected chi connectivity index (χ2v) is 9.22. The zero-order valence-corrected chi connectivity index (χ0v) is 22.0. The number of hydrogen-bond donors (Lipinski definition) is 1. The van der Waals surface area contributed by atoms with E-state index in [0.717, 1.165) is 10.5 Å². The fourth-order valence-electron chi connectivity index (χ4n) is 3.52. The van der Waals surface area contributed by atoms with Gasteiger partial charge in [-0.3, -0.25) is 14.9 Å². The molecule has 0 aliphatic carbocycles. The van der Waals surface area contributed by atoms with Gasteiger partial charge in [-0.25, -0.2) is 9.69 Å². The molecule has 7 nitrogen and oxygen atoms in total. The fraction of sp³-hybridized carbons (Fsp3) is 0.115. The SMILES string of the molecule is CCOc1cc(/C=C2\C(=O)NC(=O)N(c3ccccc3Cl)C2=O)cc(Br)c1OCc1ccccc1Cl. The highest BCUT2D eigenvalue weighted by Crippen LogP contribution is 2.39. The lowest BCUT2D eigenvalue weighted by atomic mass is 10.1. The molecule has 1 heterocycles. The molecule has 3 aromatic rings. The van der Waals surface area contributed by atoms with Crippen LogP contribution in [0.3, 0.4) is 0 Å². The number of nitrogens with zero attached hydrogens (tertiary/aromatic N) is 1. The van der Waals surface area contributed by atoms with E-state index in [9.17, 15) is 14.4 Å². The molecule has 4 rings (SSSR count). The summed E-state index contributed by atoms with van der Waals surface area (Å²) >= 11 is 15.9. The highest BCUT2D eigenvalue weighted by atomic mass is 79.9. The highest BCUT2D eigenvalue weighted by Gasteiger charge is 2.37. The first-order valence-electron chi connectivity index (χ1n) is 10.8. The third-order valence-corrected chi connectivity index (χ3v) is 6.44. The average Bonchev–Trinajstić information content (AvgIpc) is 2.83. The van der Waals surface area contributed by atoms with Gasteiger partial charge in [-0.15, -0.1) is 0 Å². The van der Waals surface area contributed by atoms with E-state index in [1.807, 2.05) is 25.1 Å². The number of halogens is 3. The maximum absolute atomic E-state index is 13.2. The smallest absolute Gasteiger partial charge is 0.335 e. The molecule has 184 valence electrons. The van der Waals surface area contributed by atoms with E-state index in [-0.39, 0.29) is 22.9 Å². The number of urea groups is 1. The van der Waals surface area contributed by atoms with Gasteiger partial charge in [-0.1, -0.05) is 53.5 Å². The van der Waals surface area contributed by atoms with Crippen molar-refractivity contribution in [1.82, 2.24) is 5.32 Å². The van der Waals surface area contributed by atoms with Crippen LogP contribution in [0.1, 0.15) is 18.1 Å². The molecular formula is C26H19BrCl2N2O5. The predicted molar refractivity (Wildman–Crippen MR) is 142 cm³/mol. The third kappa shape index (κ3) is 5.41. The Balaban J connectivity index is 1.68. The second-order valence-electron chi connectivity index (χ2n) is 7.55. The van der Waals surface area contributed by atoms with E-state index < -0.39 is 17.8 Å². The van der Waals surface area contributed by atoms with Crippen LogP contribution in [-0.2, 0) is 16.2 Å². The Bertz CT molecular complexity index is 1390. The van der Waals surface area contributed by atoms with Crippen molar-refractivity contribution in [3.05, 3.63) is 91.9 Å². The van der Waals surface area contributed by atoms with E-state index in [1.165, 1.54) is 12.1 Å². The number of anilines is 1. The molecule has 0 aromatic heterocycles. The van der Waals surface area contributed by atoms with Crippen LogP contribution >= 0.6 is 39.1 Å². The molecule has 36 heavy (non-hydrogen) atoms. The Morgan fingerprint density at radius 2 is 1.67 bits per heavy atom. The number of ether oxygens (including phenoxy) is 2. The van der Waals surface area contributed by atoms with E-state index in [4.69, 9.17) is 32.7 Å². The number of amides is 4. The first-order chi connectivity index (χ1) is 17.3. The molecule has 1 aliphatic heterocycles. The standard InChI is InChI=1S/C26H19BrCl2N2O5/c1-2-35-22-13-15(12-18(27)23(22)36-14-16-7-3-4-8-19(16)28)11-17-24(32)30-26(34)31(25(17)33)21-10-6-5-9-20(21)29/h3-13H,2,14H2,1H3,(H,30,32,34)/b17-11+. The monoisotopic (exact) mass is 588 g/mol. The van der Waals surface area contributed by atoms with E-state index >= 15 is 0 Å². The highest BCUT2D eigenvalue weighted by molar-refractivity contribution is 9.10.